The molecule has 0 fully saturated rings. The summed E-state index contributed by atoms with van der Waals surface area (Å²) in [5.74, 6) is 0.999. The fourth-order valence-electron chi connectivity index (χ4n) is 6.36. The quantitative estimate of drug-likeness (QED) is 0.217. The van der Waals surface area contributed by atoms with Crippen LogP contribution >= 0.6 is 11.3 Å². The maximum absolute atomic E-state index is 14.5. The molecule has 0 saturated heterocycles. The maximum Gasteiger partial charge on any atom is 0.271 e. The normalized spacial score (nSPS) is 14.7. The first-order chi connectivity index (χ1) is 22.3. The van der Waals surface area contributed by atoms with Crippen LogP contribution in [0.25, 0.3) is 17.0 Å². The van der Waals surface area contributed by atoms with Crippen molar-refractivity contribution in [2.45, 2.75) is 40.3 Å². The van der Waals surface area contributed by atoms with Crippen molar-refractivity contribution in [2.75, 3.05) is 27.3 Å². The zero-order valence-electron chi connectivity index (χ0n) is 27.0. The van der Waals surface area contributed by atoms with Crippen LogP contribution in [0.15, 0.2) is 93.9 Å². The highest BCUT2D eigenvalue weighted by atomic mass is 32.1. The van der Waals surface area contributed by atoms with Crippen LogP contribution in [0.5, 0.6) is 11.5 Å². The molecule has 1 aliphatic rings. The van der Waals surface area contributed by atoms with Gasteiger partial charge in [-0.25, -0.2) is 4.99 Å². The average molecular weight is 635 g/mol. The number of carbonyl (C=O) groups is 1. The molecular weight excluding hydrogens is 596 g/mol. The lowest BCUT2D eigenvalue weighted by Crippen LogP contribution is -2.43. The standard InChI is InChI=1S/C37H38N4O4S/c1-7-39(8-2)36(43)33-23(3)38-37-41(34(33)29-20-26(44-5)18-19-31(29)45-6)35(42)32(46-37)21-28-24(4)40(22-25-14-10-9-11-15-25)30-17-13-12-16-27(28)30/h9-21,34H,7-8,22H2,1-6H3/b32-21+/t34-/m1/s1. The van der Waals surface area contributed by atoms with E-state index in [1.807, 2.05) is 75.4 Å². The Morgan fingerprint density at radius 2 is 1.70 bits per heavy atom. The number of aromatic nitrogens is 2. The first-order valence-corrected chi connectivity index (χ1v) is 16.3. The number of benzene rings is 3. The number of rotatable bonds is 9. The molecule has 5 aromatic rings. The van der Waals surface area contributed by atoms with Gasteiger partial charge in [0.2, 0.25) is 0 Å². The highest BCUT2D eigenvalue weighted by molar-refractivity contribution is 7.07. The first kappa shape index (κ1) is 31.1. The Balaban J connectivity index is 1.59. The fourth-order valence-corrected chi connectivity index (χ4v) is 7.39. The van der Waals surface area contributed by atoms with E-state index in [2.05, 4.69) is 35.8 Å². The van der Waals surface area contributed by atoms with Gasteiger partial charge in [0.1, 0.15) is 17.5 Å². The van der Waals surface area contributed by atoms with Crippen LogP contribution in [0.4, 0.5) is 0 Å². The van der Waals surface area contributed by atoms with Crippen molar-refractivity contribution >= 4 is 34.2 Å². The number of ether oxygens (including phenoxy) is 2. The molecule has 1 atom stereocenters. The summed E-state index contributed by atoms with van der Waals surface area (Å²) in [6.07, 6.45) is 1.98. The van der Waals surface area contributed by atoms with Gasteiger partial charge in [0.25, 0.3) is 11.5 Å². The summed E-state index contributed by atoms with van der Waals surface area (Å²) in [6.45, 7) is 9.62. The van der Waals surface area contributed by atoms with Gasteiger partial charge in [-0.2, -0.15) is 0 Å². The minimum absolute atomic E-state index is 0.157. The fraction of sp³-hybridized carbons (Fsp3) is 0.270. The van der Waals surface area contributed by atoms with E-state index < -0.39 is 6.04 Å². The van der Waals surface area contributed by atoms with E-state index in [0.29, 0.717) is 57.3 Å². The van der Waals surface area contributed by atoms with Gasteiger partial charge in [0, 0.05) is 47.4 Å². The third-order valence-corrected chi connectivity index (χ3v) is 9.76. The molecule has 9 heteroatoms. The van der Waals surface area contributed by atoms with Gasteiger partial charge in [-0.1, -0.05) is 59.9 Å². The van der Waals surface area contributed by atoms with E-state index in [9.17, 15) is 9.59 Å². The Hall–Kier alpha value is -4.89. The summed E-state index contributed by atoms with van der Waals surface area (Å²) in [5, 5.41) is 1.07. The molecule has 1 aliphatic heterocycles. The number of allylic oxidation sites excluding steroid dienone is 1. The average Bonchev–Trinajstić information content (AvgIpc) is 3.52. The van der Waals surface area contributed by atoms with Gasteiger partial charge >= 0.3 is 0 Å². The number of methoxy groups -OCH3 is 2. The largest absolute Gasteiger partial charge is 0.497 e. The Morgan fingerprint density at radius 3 is 2.39 bits per heavy atom. The summed E-state index contributed by atoms with van der Waals surface area (Å²) in [7, 11) is 3.18. The van der Waals surface area contributed by atoms with Gasteiger partial charge in [-0.3, -0.25) is 14.2 Å². The van der Waals surface area contributed by atoms with Crippen molar-refractivity contribution in [1.29, 1.82) is 0 Å². The Labute approximate surface area is 272 Å². The molecule has 0 saturated carbocycles. The van der Waals surface area contributed by atoms with Gasteiger partial charge in [0.05, 0.1) is 30.0 Å². The molecule has 2 aromatic heterocycles. The molecule has 0 N–H and O–H groups in total. The molecule has 8 nitrogen and oxygen atoms in total. The van der Waals surface area contributed by atoms with Crippen molar-refractivity contribution in [3.8, 4) is 11.5 Å². The van der Waals surface area contributed by atoms with Crippen LogP contribution in [0.1, 0.15) is 49.2 Å². The molecule has 6 rings (SSSR count). The van der Waals surface area contributed by atoms with Crippen molar-refractivity contribution in [3.05, 3.63) is 126 Å². The first-order valence-electron chi connectivity index (χ1n) is 15.5. The van der Waals surface area contributed by atoms with E-state index in [0.717, 1.165) is 22.2 Å². The molecule has 46 heavy (non-hydrogen) atoms. The molecule has 0 aliphatic carbocycles. The van der Waals surface area contributed by atoms with E-state index >= 15 is 0 Å². The Kier molecular flexibility index (Phi) is 8.69. The summed E-state index contributed by atoms with van der Waals surface area (Å²) < 4.78 is 15.9. The molecule has 236 valence electrons. The molecule has 3 heterocycles. The van der Waals surface area contributed by atoms with Crippen LogP contribution in [-0.2, 0) is 11.3 Å². The molecule has 3 aromatic carbocycles. The topological polar surface area (TPSA) is 78.1 Å². The van der Waals surface area contributed by atoms with E-state index in [1.165, 1.54) is 16.9 Å². The van der Waals surface area contributed by atoms with Gasteiger partial charge < -0.3 is 18.9 Å². The lowest BCUT2D eigenvalue weighted by molar-refractivity contribution is -0.127. The smallest absolute Gasteiger partial charge is 0.271 e. The minimum atomic E-state index is -0.753. The van der Waals surface area contributed by atoms with E-state index in [-0.39, 0.29) is 11.5 Å². The second-order valence-corrected chi connectivity index (χ2v) is 12.3. The van der Waals surface area contributed by atoms with Crippen molar-refractivity contribution in [3.63, 3.8) is 0 Å². The molecule has 0 unspecified atom stereocenters. The lowest BCUT2D eigenvalue weighted by atomic mass is 9.93. The number of hydrogen-bond donors (Lipinski definition) is 0. The van der Waals surface area contributed by atoms with Crippen LogP contribution in [-0.4, -0.2) is 47.3 Å². The summed E-state index contributed by atoms with van der Waals surface area (Å²) >= 11 is 1.33. The molecular formula is C37H38N4O4S. The highest BCUT2D eigenvalue weighted by Crippen LogP contribution is 2.38. The van der Waals surface area contributed by atoms with Crippen LogP contribution < -0.4 is 24.4 Å². The van der Waals surface area contributed by atoms with Crippen molar-refractivity contribution in [2.24, 2.45) is 4.99 Å². The summed E-state index contributed by atoms with van der Waals surface area (Å²) in [4.78, 5) is 35.8. The third kappa shape index (κ3) is 5.34. The number of amides is 1. The van der Waals surface area contributed by atoms with Crippen molar-refractivity contribution < 1.29 is 14.3 Å². The predicted octanol–water partition coefficient (Wildman–Crippen LogP) is 5.43. The molecule has 1 amide bonds. The van der Waals surface area contributed by atoms with Gasteiger partial charge in [-0.05, 0) is 63.6 Å². The predicted molar refractivity (Wildman–Crippen MR) is 183 cm³/mol. The second kappa shape index (κ2) is 12.8. The van der Waals surface area contributed by atoms with Gasteiger partial charge in [-0.15, -0.1) is 0 Å². The number of para-hydroxylation sites is 1. The van der Waals surface area contributed by atoms with Crippen LogP contribution in [0.2, 0.25) is 0 Å². The second-order valence-electron chi connectivity index (χ2n) is 11.3. The molecule has 0 bridgehead atoms. The number of likely N-dealkylation sites (N-methyl/N-ethyl adjacent to an activating group) is 1. The van der Waals surface area contributed by atoms with Crippen LogP contribution in [0, 0.1) is 6.92 Å². The minimum Gasteiger partial charge on any atom is -0.497 e. The van der Waals surface area contributed by atoms with E-state index in [1.54, 1.807) is 23.7 Å². The maximum atomic E-state index is 14.5. The highest BCUT2D eigenvalue weighted by Gasteiger charge is 2.36. The zero-order chi connectivity index (χ0) is 32.5. The molecule has 0 radical (unpaired) electrons. The molecule has 0 spiro atoms. The number of hydrogen-bond acceptors (Lipinski definition) is 6. The summed E-state index contributed by atoms with van der Waals surface area (Å²) in [6, 6.07) is 23.4. The van der Waals surface area contributed by atoms with Crippen LogP contribution in [0.3, 0.4) is 0 Å². The number of carbonyl (C=O) groups excluding carboxylic acids is 1. The number of thiazole rings is 1. The summed E-state index contributed by atoms with van der Waals surface area (Å²) in [5.41, 5.74) is 5.83. The zero-order valence-corrected chi connectivity index (χ0v) is 27.9. The monoisotopic (exact) mass is 634 g/mol. The third-order valence-electron chi connectivity index (χ3n) is 8.77. The Bertz CT molecular complexity index is 2150. The van der Waals surface area contributed by atoms with Gasteiger partial charge in [0.15, 0.2) is 4.80 Å². The lowest BCUT2D eigenvalue weighted by Gasteiger charge is -2.30. The van der Waals surface area contributed by atoms with Crippen molar-refractivity contribution in [1.82, 2.24) is 14.0 Å². The SMILES string of the molecule is CCN(CC)C(=O)C1=C(C)N=c2s/c(=C/c3c(C)n(Cc4ccccc4)c4ccccc34)c(=O)n2[C@@H]1c1cc(OC)ccc1OC. The van der Waals surface area contributed by atoms with E-state index in [4.69, 9.17) is 14.5 Å². The Morgan fingerprint density at radius 1 is 0.978 bits per heavy atom. The number of fused-ring (bicyclic) bond motifs is 2. The number of nitrogens with zero attached hydrogens (tertiary/aromatic N) is 4.